The average Bonchev–Trinajstić information content (AvgIpc) is 2.46. The molecule has 19 heavy (non-hydrogen) atoms. The third-order valence-electron chi connectivity index (χ3n) is 2.61. The third kappa shape index (κ3) is 3.59. The quantitative estimate of drug-likeness (QED) is 0.914. The van der Waals surface area contributed by atoms with Gasteiger partial charge in [-0.3, -0.25) is 0 Å². The number of benzene rings is 1. The van der Waals surface area contributed by atoms with Crippen LogP contribution in [0.4, 0.5) is 0 Å². The van der Waals surface area contributed by atoms with Gasteiger partial charge < -0.3 is 15.2 Å². The average molecular weight is 279 g/mol. The molecule has 1 heterocycles. The number of halogens is 1. The smallest absolute Gasteiger partial charge is 0.213 e. The molecular weight excluding hydrogens is 264 g/mol. The van der Waals surface area contributed by atoms with Crippen LogP contribution in [0.25, 0.3) is 0 Å². The molecule has 0 aliphatic rings. The molecule has 2 N–H and O–H groups in total. The summed E-state index contributed by atoms with van der Waals surface area (Å²) in [5, 5.41) is 0.552. The lowest BCUT2D eigenvalue weighted by Gasteiger charge is -2.08. The van der Waals surface area contributed by atoms with E-state index in [9.17, 15) is 0 Å². The van der Waals surface area contributed by atoms with E-state index in [2.05, 4.69) is 4.98 Å². The summed E-state index contributed by atoms with van der Waals surface area (Å²) < 4.78 is 10.8. The molecule has 100 valence electrons. The van der Waals surface area contributed by atoms with Crippen LogP contribution >= 0.6 is 11.6 Å². The highest BCUT2D eigenvalue weighted by atomic mass is 35.5. The van der Waals surface area contributed by atoms with Crippen molar-refractivity contribution >= 4 is 11.6 Å². The van der Waals surface area contributed by atoms with E-state index in [4.69, 9.17) is 26.8 Å². The molecule has 1 aromatic heterocycles. The highest BCUT2D eigenvalue weighted by Crippen LogP contribution is 2.19. The van der Waals surface area contributed by atoms with Gasteiger partial charge in [-0.2, -0.15) is 0 Å². The number of hydrogen-bond donors (Lipinski definition) is 1. The van der Waals surface area contributed by atoms with Crippen molar-refractivity contribution in [1.29, 1.82) is 0 Å². The minimum atomic E-state index is 0.287. The lowest BCUT2D eigenvalue weighted by Crippen LogP contribution is -2.03. The van der Waals surface area contributed by atoms with E-state index in [0.29, 0.717) is 23.2 Å². The van der Waals surface area contributed by atoms with E-state index in [1.54, 1.807) is 19.2 Å². The zero-order valence-corrected chi connectivity index (χ0v) is 11.4. The second-order valence-electron chi connectivity index (χ2n) is 3.92. The molecule has 0 saturated carbocycles. The van der Waals surface area contributed by atoms with Crippen LogP contribution in [0.2, 0.25) is 5.02 Å². The molecule has 0 fully saturated rings. The molecule has 5 heteroatoms. The van der Waals surface area contributed by atoms with Crippen LogP contribution in [-0.4, -0.2) is 12.1 Å². The molecule has 0 unspecified atom stereocenters. The first-order chi connectivity index (χ1) is 9.22. The van der Waals surface area contributed by atoms with Crippen molar-refractivity contribution in [3.8, 4) is 11.6 Å². The molecule has 0 amide bonds. The fraction of sp³-hybridized carbons (Fsp3) is 0.214. The largest absolute Gasteiger partial charge is 0.497 e. The van der Waals surface area contributed by atoms with Gasteiger partial charge in [0.2, 0.25) is 5.88 Å². The Morgan fingerprint density at radius 2 is 2.11 bits per heavy atom. The normalized spacial score (nSPS) is 10.3. The second kappa shape index (κ2) is 6.41. The minimum Gasteiger partial charge on any atom is -0.497 e. The topological polar surface area (TPSA) is 57.4 Å². The van der Waals surface area contributed by atoms with Crippen LogP contribution in [0.1, 0.15) is 11.3 Å². The molecule has 0 bridgehead atoms. The first-order valence-electron chi connectivity index (χ1n) is 5.84. The summed E-state index contributed by atoms with van der Waals surface area (Å²) in [6, 6.07) is 11.1. The van der Waals surface area contributed by atoms with Gasteiger partial charge in [0.1, 0.15) is 12.4 Å². The van der Waals surface area contributed by atoms with Crippen molar-refractivity contribution < 1.29 is 9.47 Å². The molecule has 0 atom stereocenters. The van der Waals surface area contributed by atoms with Crippen LogP contribution in [0.15, 0.2) is 36.4 Å². The molecule has 0 aliphatic heterocycles. The van der Waals surface area contributed by atoms with E-state index >= 15 is 0 Å². The number of rotatable bonds is 5. The molecular formula is C14H15ClN2O2. The summed E-state index contributed by atoms with van der Waals surface area (Å²) in [6.07, 6.45) is 0. The number of pyridine rings is 1. The van der Waals surface area contributed by atoms with Crippen molar-refractivity contribution in [3.63, 3.8) is 0 Å². The van der Waals surface area contributed by atoms with Crippen LogP contribution in [0, 0.1) is 0 Å². The van der Waals surface area contributed by atoms with Crippen molar-refractivity contribution in [2.45, 2.75) is 13.2 Å². The maximum absolute atomic E-state index is 5.94. The highest BCUT2D eigenvalue weighted by molar-refractivity contribution is 6.31. The van der Waals surface area contributed by atoms with Crippen molar-refractivity contribution in [3.05, 3.63) is 52.7 Å². The van der Waals surface area contributed by atoms with Gasteiger partial charge in [-0.25, -0.2) is 4.98 Å². The SMILES string of the molecule is COc1cccc(COc2ccc(Cl)c(CN)n2)c1. The Bertz CT molecular complexity index is 561. The Labute approximate surface area is 117 Å². The van der Waals surface area contributed by atoms with Gasteiger partial charge >= 0.3 is 0 Å². The molecule has 0 spiro atoms. The van der Waals surface area contributed by atoms with Gasteiger partial charge in [0, 0.05) is 12.6 Å². The molecule has 1 aromatic carbocycles. The summed E-state index contributed by atoms with van der Waals surface area (Å²) in [5.74, 6) is 1.31. The number of nitrogens with zero attached hydrogens (tertiary/aromatic N) is 1. The predicted molar refractivity (Wildman–Crippen MR) is 74.5 cm³/mol. The third-order valence-corrected chi connectivity index (χ3v) is 2.95. The standard InChI is InChI=1S/C14H15ClN2O2/c1-18-11-4-2-3-10(7-11)9-19-14-6-5-12(15)13(8-16)17-14/h2-7H,8-9,16H2,1H3. The van der Waals surface area contributed by atoms with Crippen molar-refractivity contribution in [1.82, 2.24) is 4.98 Å². The second-order valence-corrected chi connectivity index (χ2v) is 4.33. The van der Waals surface area contributed by atoms with Crippen molar-refractivity contribution in [2.75, 3.05) is 7.11 Å². The van der Waals surface area contributed by atoms with Crippen molar-refractivity contribution in [2.24, 2.45) is 5.73 Å². The van der Waals surface area contributed by atoms with Crippen LogP contribution < -0.4 is 15.2 Å². The highest BCUT2D eigenvalue weighted by Gasteiger charge is 2.04. The van der Waals surface area contributed by atoms with Crippen LogP contribution in [-0.2, 0) is 13.2 Å². The molecule has 0 radical (unpaired) electrons. The molecule has 2 aromatic rings. The van der Waals surface area contributed by atoms with Crippen LogP contribution in [0.5, 0.6) is 11.6 Å². The van der Waals surface area contributed by atoms with E-state index in [1.165, 1.54) is 0 Å². The van der Waals surface area contributed by atoms with Crippen LogP contribution in [0.3, 0.4) is 0 Å². The fourth-order valence-corrected chi connectivity index (χ4v) is 1.79. The maximum atomic E-state index is 5.94. The van der Waals surface area contributed by atoms with Gasteiger partial charge in [-0.05, 0) is 23.8 Å². The zero-order chi connectivity index (χ0) is 13.7. The Morgan fingerprint density at radius 1 is 1.26 bits per heavy atom. The first-order valence-corrected chi connectivity index (χ1v) is 6.22. The summed E-state index contributed by atoms with van der Waals surface area (Å²) in [4.78, 5) is 4.24. The Balaban J connectivity index is 2.05. The fourth-order valence-electron chi connectivity index (χ4n) is 1.61. The van der Waals surface area contributed by atoms with E-state index < -0.39 is 0 Å². The molecule has 2 rings (SSSR count). The number of hydrogen-bond acceptors (Lipinski definition) is 4. The first kappa shape index (κ1) is 13.6. The van der Waals surface area contributed by atoms with E-state index in [1.807, 2.05) is 24.3 Å². The van der Waals surface area contributed by atoms with Gasteiger partial charge in [-0.15, -0.1) is 0 Å². The number of ether oxygens (including phenoxy) is 2. The number of methoxy groups -OCH3 is 1. The number of aromatic nitrogens is 1. The Morgan fingerprint density at radius 3 is 2.84 bits per heavy atom. The summed E-state index contributed by atoms with van der Waals surface area (Å²) in [6.45, 7) is 0.699. The van der Waals surface area contributed by atoms with Gasteiger partial charge in [0.15, 0.2) is 0 Å². The van der Waals surface area contributed by atoms with Gasteiger partial charge in [0.05, 0.1) is 17.8 Å². The molecule has 0 saturated heterocycles. The Kier molecular flexibility index (Phi) is 4.60. The van der Waals surface area contributed by atoms with E-state index in [0.717, 1.165) is 11.3 Å². The zero-order valence-electron chi connectivity index (χ0n) is 10.6. The van der Waals surface area contributed by atoms with Gasteiger partial charge in [-0.1, -0.05) is 23.7 Å². The monoisotopic (exact) mass is 278 g/mol. The van der Waals surface area contributed by atoms with E-state index in [-0.39, 0.29) is 6.54 Å². The number of nitrogens with two attached hydrogens (primary N) is 1. The lowest BCUT2D eigenvalue weighted by atomic mass is 10.2. The summed E-state index contributed by atoms with van der Waals surface area (Å²) in [5.41, 5.74) is 7.18. The summed E-state index contributed by atoms with van der Waals surface area (Å²) in [7, 11) is 1.63. The maximum Gasteiger partial charge on any atom is 0.213 e. The lowest BCUT2D eigenvalue weighted by molar-refractivity contribution is 0.292. The minimum absolute atomic E-state index is 0.287. The predicted octanol–water partition coefficient (Wildman–Crippen LogP) is 2.78. The Hall–Kier alpha value is -1.78. The molecule has 0 aliphatic carbocycles. The van der Waals surface area contributed by atoms with Gasteiger partial charge in [0.25, 0.3) is 0 Å². The molecule has 4 nitrogen and oxygen atoms in total. The summed E-state index contributed by atoms with van der Waals surface area (Å²) >= 11 is 5.94.